The third kappa shape index (κ3) is 3.89. The number of para-hydroxylation sites is 1. The summed E-state index contributed by atoms with van der Waals surface area (Å²) in [5.74, 6) is -0.871. The van der Waals surface area contributed by atoms with Crippen molar-refractivity contribution in [2.45, 2.75) is 6.92 Å². The van der Waals surface area contributed by atoms with Gasteiger partial charge in [0, 0.05) is 12.6 Å². The Hall–Kier alpha value is -2.21. The molecule has 0 unspecified atom stereocenters. The molecular formula is C14H14N2O3S. The average molecular weight is 290 g/mol. The maximum absolute atomic E-state index is 11.4. The highest BCUT2D eigenvalue weighted by Crippen LogP contribution is 2.22. The number of ether oxygens (including phenoxy) is 1. The summed E-state index contributed by atoms with van der Waals surface area (Å²) < 4.78 is 5.85. The first-order valence-corrected chi connectivity index (χ1v) is 6.98. The standard InChI is InChI=1S/C14H14N2O3S/c1-2-15-12(17)9-19-14(18)8-7-13-16-10-5-3-4-6-11(10)20-13/h3-8H,2,9H2,1H3,(H,15,17)/b8-7+. The molecule has 0 fully saturated rings. The van der Waals surface area contributed by atoms with E-state index in [0.717, 1.165) is 15.2 Å². The van der Waals surface area contributed by atoms with Crippen molar-refractivity contribution in [1.82, 2.24) is 10.3 Å². The molecule has 20 heavy (non-hydrogen) atoms. The number of carbonyl (C=O) groups excluding carboxylic acids is 2. The monoisotopic (exact) mass is 290 g/mol. The molecule has 2 aromatic rings. The molecular weight excluding hydrogens is 276 g/mol. The van der Waals surface area contributed by atoms with E-state index >= 15 is 0 Å². The SMILES string of the molecule is CCNC(=O)COC(=O)/C=C/c1nc2ccccc2s1. The number of esters is 1. The third-order valence-corrected chi connectivity index (χ3v) is 3.39. The maximum atomic E-state index is 11.4. The average Bonchev–Trinajstić information content (AvgIpc) is 2.86. The molecule has 0 bridgehead atoms. The van der Waals surface area contributed by atoms with Gasteiger partial charge in [-0.25, -0.2) is 9.78 Å². The second kappa shape index (κ2) is 6.81. The van der Waals surface area contributed by atoms with Crippen LogP contribution < -0.4 is 5.32 Å². The lowest BCUT2D eigenvalue weighted by molar-refractivity contribution is -0.143. The van der Waals surface area contributed by atoms with Crippen molar-refractivity contribution in [2.75, 3.05) is 13.2 Å². The van der Waals surface area contributed by atoms with Crippen LogP contribution in [0, 0.1) is 0 Å². The van der Waals surface area contributed by atoms with Gasteiger partial charge < -0.3 is 10.1 Å². The van der Waals surface area contributed by atoms with Gasteiger partial charge in [-0.05, 0) is 25.1 Å². The molecule has 0 aliphatic rings. The van der Waals surface area contributed by atoms with E-state index in [9.17, 15) is 9.59 Å². The molecule has 2 rings (SSSR count). The van der Waals surface area contributed by atoms with E-state index in [2.05, 4.69) is 10.3 Å². The highest BCUT2D eigenvalue weighted by atomic mass is 32.1. The number of hydrogen-bond acceptors (Lipinski definition) is 5. The summed E-state index contributed by atoms with van der Waals surface area (Å²) in [6.07, 6.45) is 2.86. The van der Waals surface area contributed by atoms with Crippen LogP contribution in [-0.4, -0.2) is 30.0 Å². The summed E-state index contributed by atoms with van der Waals surface area (Å²) in [5, 5.41) is 3.27. The van der Waals surface area contributed by atoms with E-state index in [1.165, 1.54) is 17.4 Å². The van der Waals surface area contributed by atoms with Crippen LogP contribution in [-0.2, 0) is 14.3 Å². The summed E-state index contributed by atoms with van der Waals surface area (Å²) in [4.78, 5) is 26.9. The Kier molecular flexibility index (Phi) is 4.84. The van der Waals surface area contributed by atoms with E-state index in [4.69, 9.17) is 4.74 Å². The molecule has 6 heteroatoms. The van der Waals surface area contributed by atoms with Crippen molar-refractivity contribution in [3.8, 4) is 0 Å². The number of aromatic nitrogens is 1. The number of nitrogens with zero attached hydrogens (tertiary/aromatic N) is 1. The molecule has 1 aromatic heterocycles. The minimum absolute atomic E-state index is 0.267. The summed E-state index contributed by atoms with van der Waals surface area (Å²) in [6.45, 7) is 2.04. The molecule has 5 nitrogen and oxygen atoms in total. The minimum atomic E-state index is -0.560. The van der Waals surface area contributed by atoms with E-state index < -0.39 is 5.97 Å². The Morgan fingerprint density at radius 1 is 1.40 bits per heavy atom. The summed E-state index contributed by atoms with van der Waals surface area (Å²) in [7, 11) is 0. The summed E-state index contributed by atoms with van der Waals surface area (Å²) in [5.41, 5.74) is 0.896. The van der Waals surface area contributed by atoms with Gasteiger partial charge in [-0.3, -0.25) is 4.79 Å². The number of hydrogen-bond donors (Lipinski definition) is 1. The fourth-order valence-electron chi connectivity index (χ4n) is 1.53. The van der Waals surface area contributed by atoms with Gasteiger partial charge in [0.2, 0.25) is 0 Å². The largest absolute Gasteiger partial charge is 0.452 e. The Morgan fingerprint density at radius 2 is 2.20 bits per heavy atom. The van der Waals surface area contributed by atoms with Crippen LogP contribution in [0.25, 0.3) is 16.3 Å². The second-order valence-corrected chi connectivity index (χ2v) is 4.98. The van der Waals surface area contributed by atoms with Crippen LogP contribution in [0.15, 0.2) is 30.3 Å². The highest BCUT2D eigenvalue weighted by Gasteiger charge is 2.04. The van der Waals surface area contributed by atoms with Gasteiger partial charge in [0.25, 0.3) is 5.91 Å². The number of likely N-dealkylation sites (N-methyl/N-ethyl adjacent to an activating group) is 1. The number of nitrogens with one attached hydrogen (secondary N) is 1. The van der Waals surface area contributed by atoms with E-state index in [0.29, 0.717) is 6.54 Å². The van der Waals surface area contributed by atoms with Crippen LogP contribution in [0.4, 0.5) is 0 Å². The second-order valence-electron chi connectivity index (χ2n) is 3.91. The van der Waals surface area contributed by atoms with Crippen molar-refractivity contribution in [3.63, 3.8) is 0 Å². The molecule has 0 aliphatic carbocycles. The van der Waals surface area contributed by atoms with Gasteiger partial charge in [0.05, 0.1) is 10.2 Å². The molecule has 1 amide bonds. The van der Waals surface area contributed by atoms with Crippen LogP contribution in [0.1, 0.15) is 11.9 Å². The van der Waals surface area contributed by atoms with Crippen molar-refractivity contribution < 1.29 is 14.3 Å². The number of benzene rings is 1. The van der Waals surface area contributed by atoms with E-state index in [-0.39, 0.29) is 12.5 Å². The first-order chi connectivity index (χ1) is 9.69. The molecule has 0 aliphatic heterocycles. The summed E-state index contributed by atoms with van der Waals surface area (Å²) >= 11 is 1.49. The molecule has 1 N–H and O–H groups in total. The number of thiazole rings is 1. The van der Waals surface area contributed by atoms with Crippen molar-refractivity contribution in [3.05, 3.63) is 35.3 Å². The number of fused-ring (bicyclic) bond motifs is 1. The van der Waals surface area contributed by atoms with Gasteiger partial charge >= 0.3 is 5.97 Å². The Labute approximate surface area is 120 Å². The fraction of sp³-hybridized carbons (Fsp3) is 0.214. The molecule has 0 saturated heterocycles. The quantitative estimate of drug-likeness (QED) is 0.675. The Morgan fingerprint density at radius 3 is 2.95 bits per heavy atom. The first-order valence-electron chi connectivity index (χ1n) is 6.16. The van der Waals surface area contributed by atoms with Crippen molar-refractivity contribution in [1.29, 1.82) is 0 Å². The molecule has 0 saturated carbocycles. The van der Waals surface area contributed by atoms with Crippen LogP contribution >= 0.6 is 11.3 Å². The number of carbonyl (C=O) groups is 2. The van der Waals surface area contributed by atoms with Crippen molar-refractivity contribution >= 4 is 39.5 Å². The Bertz CT molecular complexity index is 616. The third-order valence-electron chi connectivity index (χ3n) is 2.39. The van der Waals surface area contributed by atoms with Gasteiger partial charge in [0.15, 0.2) is 6.61 Å². The zero-order valence-corrected chi connectivity index (χ0v) is 11.8. The first kappa shape index (κ1) is 14.2. The van der Waals surface area contributed by atoms with E-state index in [1.54, 1.807) is 13.0 Å². The molecule has 1 aromatic carbocycles. The normalized spacial score (nSPS) is 10.8. The zero-order valence-electron chi connectivity index (χ0n) is 11.0. The highest BCUT2D eigenvalue weighted by molar-refractivity contribution is 7.19. The molecule has 0 spiro atoms. The predicted octanol–water partition coefficient (Wildman–Crippen LogP) is 1.99. The minimum Gasteiger partial charge on any atom is -0.452 e. The van der Waals surface area contributed by atoms with Gasteiger partial charge in [-0.1, -0.05) is 12.1 Å². The number of rotatable bonds is 5. The van der Waals surface area contributed by atoms with Crippen LogP contribution in [0.3, 0.4) is 0 Å². The molecule has 1 heterocycles. The van der Waals surface area contributed by atoms with Crippen LogP contribution in [0.2, 0.25) is 0 Å². The zero-order chi connectivity index (χ0) is 14.4. The van der Waals surface area contributed by atoms with Crippen LogP contribution in [0.5, 0.6) is 0 Å². The fourth-order valence-corrected chi connectivity index (χ4v) is 2.40. The number of amides is 1. The lowest BCUT2D eigenvalue weighted by Crippen LogP contribution is -2.28. The summed E-state index contributed by atoms with van der Waals surface area (Å²) in [6, 6.07) is 7.74. The van der Waals surface area contributed by atoms with Gasteiger partial charge in [-0.15, -0.1) is 11.3 Å². The Balaban J connectivity index is 1.91. The van der Waals surface area contributed by atoms with Crippen molar-refractivity contribution in [2.24, 2.45) is 0 Å². The van der Waals surface area contributed by atoms with Gasteiger partial charge in [-0.2, -0.15) is 0 Å². The predicted molar refractivity (Wildman–Crippen MR) is 78.3 cm³/mol. The maximum Gasteiger partial charge on any atom is 0.331 e. The topological polar surface area (TPSA) is 68.3 Å². The lowest BCUT2D eigenvalue weighted by Gasteiger charge is -2.01. The smallest absolute Gasteiger partial charge is 0.331 e. The molecule has 0 atom stereocenters. The lowest BCUT2D eigenvalue weighted by atomic mass is 10.3. The molecule has 0 radical (unpaired) electrons. The van der Waals surface area contributed by atoms with Gasteiger partial charge in [0.1, 0.15) is 5.01 Å². The van der Waals surface area contributed by atoms with E-state index in [1.807, 2.05) is 24.3 Å². The molecule has 104 valence electrons.